The summed E-state index contributed by atoms with van der Waals surface area (Å²) in [5.74, 6) is -2.98. The van der Waals surface area contributed by atoms with Crippen LogP contribution in [0.4, 0.5) is 9.59 Å². The van der Waals surface area contributed by atoms with Gasteiger partial charge in [0.15, 0.2) is 0 Å². The molecule has 0 aliphatic carbocycles. The third-order valence-electron chi connectivity index (χ3n) is 13.0. The van der Waals surface area contributed by atoms with Gasteiger partial charge in [0.05, 0.1) is 12.1 Å². The maximum atomic E-state index is 14.5. The Morgan fingerprint density at radius 1 is 0.739 bits per heavy atom. The molecule has 3 aromatic rings. The van der Waals surface area contributed by atoms with E-state index in [4.69, 9.17) is 11.5 Å². The molecule has 2 saturated heterocycles. The molecule has 2 fully saturated rings. The number of aromatic nitrogens is 1. The van der Waals surface area contributed by atoms with Gasteiger partial charge in [-0.15, -0.1) is 0 Å². The number of amides is 10. The second kappa shape index (κ2) is 27.3. The number of primary amides is 2. The predicted octanol–water partition coefficient (Wildman–Crippen LogP) is 1.62. The maximum absolute atomic E-state index is 14.5. The number of fused-ring (bicyclic) bond motifs is 1. The van der Waals surface area contributed by atoms with E-state index in [1.807, 2.05) is 61.5 Å². The molecule has 0 radical (unpaired) electrons. The van der Waals surface area contributed by atoms with Crippen molar-refractivity contribution < 1.29 is 38.4 Å². The highest BCUT2D eigenvalue weighted by molar-refractivity contribution is 5.96. The highest BCUT2D eigenvalue weighted by atomic mass is 16.2. The standard InChI is InChI=1S/C49H72N12O8/c1-31-35(60-49(69)56-31)19-7-4-8-24-42(62)53-25-13-11-21-37(43(50)63)57-44(64)38(22-15-26-54-48(51)68)58-45(65)39(29-33-30-55-36-20-10-9-18-34(33)36)59-46(66)41-23-12-14-27-61(41)47(67)40(52-2)28-32-16-5-3-6-17-32/h3,5-6,9-10,16-18,20,30-31,35,37-41,52,55H,4,7-8,11-15,19,21-29H2,1-2H3,(H2,50,63)(H,53,62)(H,57,64)(H,58,65)(H,59,66)(H3,51,54,68)(H2,56,60,69)/t31-,35+,37+,38+,39+,40+,41+/m1/s1. The Morgan fingerprint density at radius 2 is 1.45 bits per heavy atom. The second-order valence-corrected chi connectivity index (χ2v) is 18.1. The molecule has 7 atom stereocenters. The van der Waals surface area contributed by atoms with E-state index in [1.54, 1.807) is 18.1 Å². The fraction of sp³-hybridized carbons (Fsp3) is 0.551. The third kappa shape index (κ3) is 16.8. The molecule has 2 aliphatic heterocycles. The lowest BCUT2D eigenvalue weighted by molar-refractivity contribution is -0.144. The Balaban J connectivity index is 1.22. The van der Waals surface area contributed by atoms with Crippen molar-refractivity contribution in [3.8, 4) is 0 Å². The fourth-order valence-corrected chi connectivity index (χ4v) is 9.03. The van der Waals surface area contributed by atoms with Crippen LogP contribution in [-0.2, 0) is 41.6 Å². The molecule has 13 N–H and O–H groups in total. The first kappa shape index (κ1) is 53.3. The molecule has 0 unspecified atom stereocenters. The maximum Gasteiger partial charge on any atom is 0.315 e. The number of piperidine rings is 1. The summed E-state index contributed by atoms with van der Waals surface area (Å²) >= 11 is 0. The summed E-state index contributed by atoms with van der Waals surface area (Å²) in [7, 11) is 1.71. The van der Waals surface area contributed by atoms with E-state index in [0.717, 1.165) is 41.3 Å². The van der Waals surface area contributed by atoms with E-state index in [-0.39, 0.29) is 62.2 Å². The average molecular weight is 957 g/mol. The third-order valence-corrected chi connectivity index (χ3v) is 13.0. The number of para-hydroxylation sites is 1. The van der Waals surface area contributed by atoms with Crippen LogP contribution in [-0.4, -0.2) is 126 Å². The van der Waals surface area contributed by atoms with E-state index in [9.17, 15) is 38.4 Å². The summed E-state index contributed by atoms with van der Waals surface area (Å²) in [6.45, 7) is 2.78. The van der Waals surface area contributed by atoms with Crippen molar-refractivity contribution in [2.24, 2.45) is 11.5 Å². The average Bonchev–Trinajstić information content (AvgIpc) is 3.90. The molecule has 20 heteroatoms. The number of likely N-dealkylation sites (N-methyl/N-ethyl adjacent to an activating group) is 1. The number of urea groups is 2. The first-order valence-corrected chi connectivity index (χ1v) is 24.4. The highest BCUT2D eigenvalue weighted by Gasteiger charge is 2.38. The van der Waals surface area contributed by atoms with Crippen molar-refractivity contribution in [3.63, 3.8) is 0 Å². The first-order chi connectivity index (χ1) is 33.2. The van der Waals surface area contributed by atoms with Gasteiger partial charge >= 0.3 is 12.1 Å². The largest absolute Gasteiger partial charge is 0.368 e. The van der Waals surface area contributed by atoms with Gasteiger partial charge in [0, 0.05) is 55.6 Å². The molecule has 0 saturated carbocycles. The summed E-state index contributed by atoms with van der Waals surface area (Å²) < 4.78 is 0. The quantitative estimate of drug-likeness (QED) is 0.0471. The number of nitrogens with two attached hydrogens (primary N) is 2. The van der Waals surface area contributed by atoms with Crippen LogP contribution in [0.15, 0.2) is 60.8 Å². The van der Waals surface area contributed by atoms with E-state index in [2.05, 4.69) is 47.5 Å². The van der Waals surface area contributed by atoms with Gasteiger partial charge in [-0.1, -0.05) is 61.4 Å². The van der Waals surface area contributed by atoms with Gasteiger partial charge < -0.3 is 63.9 Å². The minimum atomic E-state index is -1.23. The molecule has 0 spiro atoms. The molecular weight excluding hydrogens is 885 g/mol. The minimum absolute atomic E-state index is 0.0221. The summed E-state index contributed by atoms with van der Waals surface area (Å²) in [6, 6.07) is 11.4. The summed E-state index contributed by atoms with van der Waals surface area (Å²) in [4.78, 5) is 110. The van der Waals surface area contributed by atoms with Gasteiger partial charge in [-0.3, -0.25) is 28.8 Å². The van der Waals surface area contributed by atoms with Crippen molar-refractivity contribution in [1.82, 2.24) is 52.4 Å². The number of nitrogens with zero attached hydrogens (tertiary/aromatic N) is 1. The van der Waals surface area contributed by atoms with Crippen LogP contribution in [0.3, 0.4) is 0 Å². The topological polar surface area (TPSA) is 304 Å². The number of carbonyl (C=O) groups excluding carboxylic acids is 8. The molecular formula is C49H72N12O8. The SMILES string of the molecule is CN[C@@H](Cc1ccccc1)C(=O)N1CCCC[C@H]1C(=O)N[C@@H](Cc1c[nH]c2ccccc12)C(=O)N[C@@H](CCCNC(N)=O)C(=O)N[C@@H](CCCCNC(=O)CCCCC[C@@H]1NC(=O)N[C@@H]1C)C(N)=O. The molecule has 69 heavy (non-hydrogen) atoms. The molecule has 1 aromatic heterocycles. The Labute approximate surface area is 403 Å². The Morgan fingerprint density at radius 3 is 2.17 bits per heavy atom. The monoisotopic (exact) mass is 957 g/mol. The van der Waals surface area contributed by atoms with Gasteiger partial charge in [-0.25, -0.2) is 9.59 Å². The van der Waals surface area contributed by atoms with Crippen LogP contribution >= 0.6 is 0 Å². The summed E-state index contributed by atoms with van der Waals surface area (Å²) in [5.41, 5.74) is 13.5. The van der Waals surface area contributed by atoms with Gasteiger partial charge in [-0.2, -0.15) is 0 Å². The summed E-state index contributed by atoms with van der Waals surface area (Å²) in [5, 5.41) is 23.5. The lowest BCUT2D eigenvalue weighted by Crippen LogP contribution is -2.61. The fourth-order valence-electron chi connectivity index (χ4n) is 9.03. The Bertz CT molecular complexity index is 2200. The zero-order valence-electron chi connectivity index (χ0n) is 39.9. The predicted molar refractivity (Wildman–Crippen MR) is 261 cm³/mol. The van der Waals surface area contributed by atoms with Crippen molar-refractivity contribution >= 4 is 58.4 Å². The molecule has 3 heterocycles. The lowest BCUT2D eigenvalue weighted by Gasteiger charge is -2.37. The first-order valence-electron chi connectivity index (χ1n) is 24.4. The van der Waals surface area contributed by atoms with Crippen molar-refractivity contribution in [2.45, 2.75) is 146 Å². The molecule has 10 amide bonds. The van der Waals surface area contributed by atoms with E-state index in [1.165, 1.54) is 0 Å². The van der Waals surface area contributed by atoms with Gasteiger partial charge in [0.25, 0.3) is 0 Å². The van der Waals surface area contributed by atoms with Crippen molar-refractivity contribution in [3.05, 3.63) is 71.9 Å². The number of hydrogen-bond donors (Lipinski definition) is 11. The number of carbonyl (C=O) groups is 8. The van der Waals surface area contributed by atoms with Crippen molar-refractivity contribution in [2.75, 3.05) is 26.7 Å². The number of aromatic amines is 1. The van der Waals surface area contributed by atoms with Crippen molar-refractivity contribution in [1.29, 1.82) is 0 Å². The summed E-state index contributed by atoms with van der Waals surface area (Å²) in [6.07, 6.45) is 9.02. The zero-order valence-corrected chi connectivity index (χ0v) is 39.9. The number of rotatable bonds is 28. The van der Waals surface area contributed by atoms with Crippen LogP contribution in [0.25, 0.3) is 10.9 Å². The molecule has 2 aromatic carbocycles. The molecule has 2 aliphatic rings. The van der Waals surface area contributed by atoms with E-state index in [0.29, 0.717) is 64.5 Å². The number of H-pyrrole nitrogens is 1. The number of nitrogens with one attached hydrogen (secondary N) is 9. The lowest BCUT2D eigenvalue weighted by atomic mass is 9.97. The number of benzene rings is 2. The molecule has 376 valence electrons. The molecule has 5 rings (SSSR count). The Hall–Kier alpha value is -6.70. The van der Waals surface area contributed by atoms with Crippen LogP contribution in [0.2, 0.25) is 0 Å². The normalized spacial score (nSPS) is 18.4. The van der Waals surface area contributed by atoms with Gasteiger partial charge in [-0.05, 0) is 102 Å². The molecule has 0 bridgehead atoms. The van der Waals surface area contributed by atoms with E-state index < -0.39 is 59.9 Å². The highest BCUT2D eigenvalue weighted by Crippen LogP contribution is 2.22. The number of unbranched alkanes of at least 4 members (excludes halogenated alkanes) is 3. The smallest absolute Gasteiger partial charge is 0.315 e. The second-order valence-electron chi connectivity index (χ2n) is 18.1. The van der Waals surface area contributed by atoms with Crippen LogP contribution in [0, 0.1) is 0 Å². The van der Waals surface area contributed by atoms with Crippen LogP contribution < -0.4 is 54.0 Å². The van der Waals surface area contributed by atoms with Crippen LogP contribution in [0.5, 0.6) is 0 Å². The zero-order chi connectivity index (χ0) is 49.7. The molecule has 20 nitrogen and oxygen atoms in total. The van der Waals surface area contributed by atoms with Crippen LogP contribution in [0.1, 0.15) is 102 Å². The van der Waals surface area contributed by atoms with Gasteiger partial charge in [0.1, 0.15) is 24.2 Å². The minimum Gasteiger partial charge on any atom is -0.368 e. The van der Waals surface area contributed by atoms with E-state index >= 15 is 0 Å². The number of likely N-dealkylation sites (tertiary alicyclic amines) is 1. The number of hydrogen-bond acceptors (Lipinski definition) is 9. The van der Waals surface area contributed by atoms with Gasteiger partial charge in [0.2, 0.25) is 35.4 Å². The Kier molecular flexibility index (Phi) is 21.1.